The van der Waals surface area contributed by atoms with E-state index in [1.165, 1.54) is 0 Å². The Bertz CT molecular complexity index is 674. The van der Waals surface area contributed by atoms with Crippen LogP contribution in [0.4, 0.5) is 0 Å². The molecule has 2 rings (SSSR count). The first kappa shape index (κ1) is 28.7. The first-order chi connectivity index (χ1) is 15.3. The molecule has 0 aliphatic carbocycles. The van der Waals surface area contributed by atoms with Crippen LogP contribution in [0.1, 0.15) is 41.0 Å². The second kappa shape index (κ2) is 11.4. The molecule has 33 heavy (non-hydrogen) atoms. The van der Waals surface area contributed by atoms with Gasteiger partial charge >= 0.3 is 0 Å². The molecule has 2 heterocycles. The number of ether oxygens (including phenoxy) is 5. The second-order valence-corrected chi connectivity index (χ2v) is 15.7. The van der Waals surface area contributed by atoms with E-state index in [9.17, 15) is 5.11 Å². The van der Waals surface area contributed by atoms with Gasteiger partial charge < -0.3 is 33.2 Å². The monoisotopic (exact) mass is 486 g/mol. The number of hydrogen-bond acceptors (Lipinski definition) is 7. The lowest BCUT2D eigenvalue weighted by atomic mass is 9.83. The van der Waals surface area contributed by atoms with Crippen LogP contribution < -0.4 is 0 Å². The maximum atomic E-state index is 11.3. The molecule has 2 aliphatic rings. The molecule has 192 valence electrons. The van der Waals surface area contributed by atoms with E-state index in [-0.39, 0.29) is 41.5 Å². The van der Waals surface area contributed by atoms with Crippen LogP contribution >= 0.6 is 0 Å². The molecule has 8 heteroatoms. The summed E-state index contributed by atoms with van der Waals surface area (Å²) in [6.07, 6.45) is 1.31. The van der Waals surface area contributed by atoms with Gasteiger partial charge in [-0.2, -0.15) is 0 Å². The Kier molecular flexibility index (Phi) is 9.93. The average Bonchev–Trinajstić information content (AvgIpc) is 2.77. The van der Waals surface area contributed by atoms with Gasteiger partial charge in [-0.25, -0.2) is 0 Å². The Hall–Kier alpha value is -0.583. The summed E-state index contributed by atoms with van der Waals surface area (Å²) in [5, 5.41) is 11.4. The third kappa shape index (κ3) is 6.55. The Balaban J connectivity index is 2.19. The zero-order chi connectivity index (χ0) is 25.1. The van der Waals surface area contributed by atoms with Crippen molar-refractivity contribution in [2.24, 2.45) is 11.8 Å². The molecule has 1 fully saturated rings. The molecule has 0 saturated carbocycles. The first-order valence-corrected chi connectivity index (χ1v) is 14.8. The van der Waals surface area contributed by atoms with Gasteiger partial charge in [0.25, 0.3) is 0 Å². The van der Waals surface area contributed by atoms with E-state index >= 15 is 0 Å². The van der Waals surface area contributed by atoms with Crippen molar-refractivity contribution in [1.29, 1.82) is 0 Å². The normalized spacial score (nSPS) is 35.3. The van der Waals surface area contributed by atoms with E-state index in [1.54, 1.807) is 27.4 Å². The lowest BCUT2D eigenvalue weighted by molar-refractivity contribution is -0.240. The van der Waals surface area contributed by atoms with E-state index in [0.29, 0.717) is 5.57 Å². The summed E-state index contributed by atoms with van der Waals surface area (Å²) < 4.78 is 35.8. The number of rotatable bonds is 9. The lowest BCUT2D eigenvalue weighted by Gasteiger charge is -2.47. The fourth-order valence-corrected chi connectivity index (χ4v) is 5.40. The first-order valence-electron chi connectivity index (χ1n) is 11.9. The van der Waals surface area contributed by atoms with Gasteiger partial charge in [-0.15, -0.1) is 0 Å². The van der Waals surface area contributed by atoms with Gasteiger partial charge in [0.15, 0.2) is 20.9 Å². The van der Waals surface area contributed by atoms with Gasteiger partial charge in [-0.05, 0) is 36.2 Å². The maximum absolute atomic E-state index is 11.3. The van der Waals surface area contributed by atoms with E-state index in [1.807, 2.05) is 13.0 Å². The molecule has 0 spiro atoms. The third-order valence-corrected chi connectivity index (χ3v) is 12.0. The highest BCUT2D eigenvalue weighted by molar-refractivity contribution is 6.74. The lowest BCUT2D eigenvalue weighted by Crippen LogP contribution is -2.55. The second-order valence-electron chi connectivity index (χ2n) is 11.0. The maximum Gasteiger partial charge on any atom is 0.195 e. The zero-order valence-corrected chi connectivity index (χ0v) is 23.2. The number of methoxy groups -OCH3 is 3. The SMILES string of the molecule is C=C(C(O)[C@H](C)[C@H]1O[C@H](O[Si](C)(C)C(C)(C)C)[C@@H](C)C[C@@H]1OC)[C@@H]1O[C@@H](OC)C=C[C@@H]1OC. The number of hydrogen-bond donors (Lipinski definition) is 1. The van der Waals surface area contributed by atoms with Crippen molar-refractivity contribution < 1.29 is 33.2 Å². The topological polar surface area (TPSA) is 75.6 Å². The van der Waals surface area contributed by atoms with Crippen molar-refractivity contribution in [3.63, 3.8) is 0 Å². The van der Waals surface area contributed by atoms with E-state index in [4.69, 9.17) is 28.1 Å². The molecular formula is C25H46O7Si. The molecular weight excluding hydrogens is 440 g/mol. The summed E-state index contributed by atoms with van der Waals surface area (Å²) in [4.78, 5) is 0. The molecule has 0 aromatic carbocycles. The summed E-state index contributed by atoms with van der Waals surface area (Å²) in [6, 6.07) is 0. The van der Waals surface area contributed by atoms with Gasteiger partial charge in [0.2, 0.25) is 0 Å². The molecule has 1 saturated heterocycles. The molecule has 0 amide bonds. The zero-order valence-electron chi connectivity index (χ0n) is 22.2. The highest BCUT2D eigenvalue weighted by atomic mass is 28.4. The quantitative estimate of drug-likeness (QED) is 0.385. The van der Waals surface area contributed by atoms with E-state index < -0.39 is 26.8 Å². The number of aliphatic hydroxyl groups is 1. The van der Waals surface area contributed by atoms with Crippen LogP contribution in [0.5, 0.6) is 0 Å². The highest BCUT2D eigenvalue weighted by Crippen LogP contribution is 2.41. The van der Waals surface area contributed by atoms with Crippen LogP contribution in [0.25, 0.3) is 0 Å². The van der Waals surface area contributed by atoms with Crippen molar-refractivity contribution in [3.05, 3.63) is 24.3 Å². The summed E-state index contributed by atoms with van der Waals surface area (Å²) in [5.74, 6) is -0.117. The summed E-state index contributed by atoms with van der Waals surface area (Å²) in [6.45, 7) is 19.4. The van der Waals surface area contributed by atoms with Gasteiger partial charge in [0, 0.05) is 33.2 Å². The Morgan fingerprint density at radius 2 is 1.73 bits per heavy atom. The molecule has 9 atom stereocenters. The minimum atomic E-state index is -2.04. The molecule has 7 nitrogen and oxygen atoms in total. The average molecular weight is 487 g/mol. The minimum Gasteiger partial charge on any atom is -0.392 e. The van der Waals surface area contributed by atoms with Crippen LogP contribution in [0.15, 0.2) is 24.3 Å². The predicted molar refractivity (Wildman–Crippen MR) is 131 cm³/mol. The predicted octanol–water partition coefficient (Wildman–Crippen LogP) is 4.27. The fourth-order valence-electron chi connectivity index (χ4n) is 4.18. The summed E-state index contributed by atoms with van der Waals surface area (Å²) in [7, 11) is 2.84. The standard InChI is InChI=1S/C25H46O7Si/c1-15-14-19(28-8)23(31-24(15)32-33(10,11)25(4,5)6)17(3)21(26)16(2)22-18(27-7)12-13-20(29-9)30-22/h12-13,15,17-24,26H,2,14H2,1,3-11H3/t15-,17-,18-,19-,20+,21?,22-,23+,24+/m0/s1. The Morgan fingerprint density at radius 3 is 2.24 bits per heavy atom. The van der Waals surface area contributed by atoms with E-state index in [0.717, 1.165) is 6.42 Å². The van der Waals surface area contributed by atoms with Crippen molar-refractivity contribution in [2.75, 3.05) is 21.3 Å². The van der Waals surface area contributed by atoms with Crippen molar-refractivity contribution in [3.8, 4) is 0 Å². The molecule has 0 aromatic rings. The number of aliphatic hydroxyl groups excluding tert-OH is 1. The van der Waals surface area contributed by atoms with Crippen LogP contribution in [0.3, 0.4) is 0 Å². The van der Waals surface area contributed by atoms with Gasteiger partial charge in [-0.3, -0.25) is 0 Å². The van der Waals surface area contributed by atoms with Crippen LogP contribution in [0, 0.1) is 11.8 Å². The van der Waals surface area contributed by atoms with Crippen molar-refractivity contribution in [2.45, 2.75) is 102 Å². The Labute approximate surface area is 201 Å². The van der Waals surface area contributed by atoms with Crippen molar-refractivity contribution in [1.82, 2.24) is 0 Å². The molecule has 0 bridgehead atoms. The molecule has 1 unspecified atom stereocenters. The molecule has 1 N–H and O–H groups in total. The van der Waals surface area contributed by atoms with Crippen LogP contribution in [-0.4, -0.2) is 77.9 Å². The van der Waals surface area contributed by atoms with Crippen molar-refractivity contribution >= 4 is 8.32 Å². The van der Waals surface area contributed by atoms with Crippen LogP contribution in [-0.2, 0) is 28.1 Å². The summed E-state index contributed by atoms with van der Waals surface area (Å²) >= 11 is 0. The van der Waals surface area contributed by atoms with Gasteiger partial charge in [-0.1, -0.05) is 47.3 Å². The molecule has 0 aromatic heterocycles. The summed E-state index contributed by atoms with van der Waals surface area (Å²) in [5.41, 5.74) is 0.527. The fraction of sp³-hybridized carbons (Fsp3) is 0.840. The Morgan fingerprint density at radius 1 is 1.09 bits per heavy atom. The van der Waals surface area contributed by atoms with E-state index in [2.05, 4.69) is 47.4 Å². The van der Waals surface area contributed by atoms with Gasteiger partial charge in [0.05, 0.1) is 18.3 Å². The highest BCUT2D eigenvalue weighted by Gasteiger charge is 2.47. The van der Waals surface area contributed by atoms with Crippen LogP contribution in [0.2, 0.25) is 18.1 Å². The molecule has 0 radical (unpaired) electrons. The largest absolute Gasteiger partial charge is 0.392 e. The minimum absolute atomic E-state index is 0.0714. The smallest absolute Gasteiger partial charge is 0.195 e. The molecule has 2 aliphatic heterocycles. The third-order valence-electron chi connectivity index (χ3n) is 7.55. The van der Waals surface area contributed by atoms with Gasteiger partial charge in [0.1, 0.15) is 12.2 Å².